The second kappa shape index (κ2) is 6.44. The summed E-state index contributed by atoms with van der Waals surface area (Å²) >= 11 is 0. The van der Waals surface area contributed by atoms with E-state index in [4.69, 9.17) is 9.47 Å². The summed E-state index contributed by atoms with van der Waals surface area (Å²) in [6, 6.07) is 0.239. The molecule has 7 heteroatoms. The van der Waals surface area contributed by atoms with Gasteiger partial charge in [-0.15, -0.1) is 0 Å². The summed E-state index contributed by atoms with van der Waals surface area (Å²) < 4.78 is 11.2. The molecule has 1 spiro atoms. The van der Waals surface area contributed by atoms with E-state index in [9.17, 15) is 4.79 Å². The molecule has 0 aromatic carbocycles. The van der Waals surface area contributed by atoms with Gasteiger partial charge in [0.15, 0.2) is 0 Å². The molecular weight excluding hydrogens is 320 g/mol. The molecule has 2 fully saturated rings. The Morgan fingerprint density at radius 2 is 2.28 bits per heavy atom. The minimum absolute atomic E-state index is 0.00257. The minimum Gasteiger partial charge on any atom is -0.481 e. The molecule has 1 aromatic rings. The van der Waals surface area contributed by atoms with Crippen molar-refractivity contribution in [3.8, 4) is 5.88 Å². The number of hydrogen-bond acceptors (Lipinski definition) is 5. The van der Waals surface area contributed by atoms with Crippen molar-refractivity contribution in [3.63, 3.8) is 0 Å². The minimum atomic E-state index is 0.00257. The van der Waals surface area contributed by atoms with E-state index < -0.39 is 0 Å². The standard InChI is InChI=1S/C18H26N4O3/c1-3-25-15-9-14(18(15)6-4-7-18)21-17(23)22-8-5-13-12(10-22)16(24-2)20-11-19-13/h11,14-15H,3-10H2,1-2H3,(H,21,23). The summed E-state index contributed by atoms with van der Waals surface area (Å²) in [5, 5.41) is 3.26. The number of rotatable bonds is 4. The Balaban J connectivity index is 1.41. The van der Waals surface area contributed by atoms with Crippen LogP contribution in [0.1, 0.15) is 43.9 Å². The van der Waals surface area contributed by atoms with Crippen molar-refractivity contribution in [1.82, 2.24) is 20.2 Å². The van der Waals surface area contributed by atoms with Crippen LogP contribution in [0, 0.1) is 5.41 Å². The molecule has 1 aliphatic heterocycles. The Bertz CT molecular complexity index is 647. The lowest BCUT2D eigenvalue weighted by Crippen LogP contribution is -2.68. The van der Waals surface area contributed by atoms with Crippen LogP contribution in [-0.4, -0.2) is 53.3 Å². The Morgan fingerprint density at radius 3 is 2.96 bits per heavy atom. The Kier molecular flexibility index (Phi) is 4.27. The Hall–Kier alpha value is -1.89. The Morgan fingerprint density at radius 1 is 1.44 bits per heavy atom. The monoisotopic (exact) mass is 346 g/mol. The normalized spacial score (nSPS) is 26.4. The number of hydrogen-bond donors (Lipinski definition) is 1. The smallest absolute Gasteiger partial charge is 0.317 e. The number of urea groups is 1. The molecule has 2 saturated carbocycles. The molecule has 1 N–H and O–H groups in total. The van der Waals surface area contributed by atoms with E-state index in [-0.39, 0.29) is 17.5 Å². The summed E-state index contributed by atoms with van der Waals surface area (Å²) in [7, 11) is 1.60. The van der Waals surface area contributed by atoms with Crippen molar-refractivity contribution in [2.75, 3.05) is 20.3 Å². The summed E-state index contributed by atoms with van der Waals surface area (Å²) in [5.41, 5.74) is 2.08. The summed E-state index contributed by atoms with van der Waals surface area (Å²) in [6.07, 6.45) is 7.06. The first-order valence-electron chi connectivity index (χ1n) is 9.21. The van der Waals surface area contributed by atoms with Crippen LogP contribution in [0.25, 0.3) is 0 Å². The highest BCUT2D eigenvalue weighted by Gasteiger charge is 2.59. The van der Waals surface area contributed by atoms with E-state index in [1.165, 1.54) is 12.7 Å². The van der Waals surface area contributed by atoms with Crippen molar-refractivity contribution < 1.29 is 14.3 Å². The molecule has 0 saturated heterocycles. The van der Waals surface area contributed by atoms with E-state index in [0.717, 1.165) is 43.5 Å². The van der Waals surface area contributed by atoms with Gasteiger partial charge in [0.1, 0.15) is 6.33 Å². The molecule has 136 valence electrons. The van der Waals surface area contributed by atoms with Gasteiger partial charge in [-0.05, 0) is 26.2 Å². The van der Waals surface area contributed by atoms with Gasteiger partial charge in [0.05, 0.1) is 31.0 Å². The van der Waals surface area contributed by atoms with E-state index in [0.29, 0.717) is 25.1 Å². The lowest BCUT2D eigenvalue weighted by Gasteiger charge is -2.61. The van der Waals surface area contributed by atoms with Gasteiger partial charge in [-0.2, -0.15) is 0 Å². The molecule has 4 rings (SSSR count). The first-order valence-corrected chi connectivity index (χ1v) is 9.21. The second-order valence-corrected chi connectivity index (χ2v) is 7.25. The van der Waals surface area contributed by atoms with Crippen molar-refractivity contribution in [3.05, 3.63) is 17.6 Å². The van der Waals surface area contributed by atoms with Gasteiger partial charge in [0.25, 0.3) is 0 Å². The molecule has 3 aliphatic rings. The van der Waals surface area contributed by atoms with Crippen LogP contribution in [0.5, 0.6) is 5.88 Å². The second-order valence-electron chi connectivity index (χ2n) is 7.25. The highest BCUT2D eigenvalue weighted by Crippen LogP contribution is 2.57. The van der Waals surface area contributed by atoms with E-state index in [1.54, 1.807) is 7.11 Å². The molecule has 7 nitrogen and oxygen atoms in total. The molecule has 2 atom stereocenters. The van der Waals surface area contributed by atoms with Crippen molar-refractivity contribution in [2.45, 2.75) is 57.7 Å². The predicted octanol–water partition coefficient (Wildman–Crippen LogP) is 1.90. The molecule has 2 aliphatic carbocycles. The SMILES string of the molecule is CCOC1CC(NC(=O)N2CCc3ncnc(OC)c3C2)C12CCC2. The fourth-order valence-electron chi connectivity index (χ4n) is 4.55. The number of carbonyl (C=O) groups excluding carboxylic acids is 1. The highest BCUT2D eigenvalue weighted by molar-refractivity contribution is 5.75. The number of carbonyl (C=O) groups is 1. The van der Waals surface area contributed by atoms with E-state index >= 15 is 0 Å². The molecule has 25 heavy (non-hydrogen) atoms. The zero-order valence-corrected chi connectivity index (χ0v) is 15.0. The van der Waals surface area contributed by atoms with Crippen LogP contribution in [-0.2, 0) is 17.7 Å². The van der Waals surface area contributed by atoms with Crippen LogP contribution in [0.3, 0.4) is 0 Å². The fraction of sp³-hybridized carbons (Fsp3) is 0.722. The van der Waals surface area contributed by atoms with E-state index in [1.807, 2.05) is 11.8 Å². The number of nitrogens with zero attached hydrogens (tertiary/aromatic N) is 3. The zero-order chi connectivity index (χ0) is 17.4. The van der Waals surface area contributed by atoms with Crippen LogP contribution >= 0.6 is 0 Å². The zero-order valence-electron chi connectivity index (χ0n) is 15.0. The van der Waals surface area contributed by atoms with Crippen molar-refractivity contribution >= 4 is 6.03 Å². The quantitative estimate of drug-likeness (QED) is 0.901. The third kappa shape index (κ3) is 2.65. The summed E-state index contributed by atoms with van der Waals surface area (Å²) in [4.78, 5) is 23.1. The molecule has 0 bridgehead atoms. The number of methoxy groups -OCH3 is 1. The molecule has 1 aromatic heterocycles. The molecule has 0 radical (unpaired) electrons. The lowest BCUT2D eigenvalue weighted by atomic mass is 9.51. The number of ether oxygens (including phenoxy) is 2. The number of fused-ring (bicyclic) bond motifs is 1. The number of amides is 2. The molecule has 2 amide bonds. The van der Waals surface area contributed by atoms with Crippen LogP contribution in [0.2, 0.25) is 0 Å². The van der Waals surface area contributed by atoms with Gasteiger partial charge >= 0.3 is 6.03 Å². The third-order valence-electron chi connectivity index (χ3n) is 6.18. The Labute approximate surface area is 148 Å². The van der Waals surface area contributed by atoms with Crippen molar-refractivity contribution in [2.24, 2.45) is 5.41 Å². The fourth-order valence-corrected chi connectivity index (χ4v) is 4.55. The molecule has 2 unspecified atom stereocenters. The van der Waals surface area contributed by atoms with Gasteiger partial charge in [-0.1, -0.05) is 6.42 Å². The maximum absolute atomic E-state index is 12.8. The van der Waals surface area contributed by atoms with Gasteiger partial charge in [-0.3, -0.25) is 0 Å². The van der Waals surface area contributed by atoms with Crippen LogP contribution in [0.15, 0.2) is 6.33 Å². The van der Waals surface area contributed by atoms with E-state index in [2.05, 4.69) is 15.3 Å². The molecule has 2 heterocycles. The van der Waals surface area contributed by atoms with Gasteiger partial charge < -0.3 is 19.7 Å². The first kappa shape index (κ1) is 16.6. The average molecular weight is 346 g/mol. The predicted molar refractivity (Wildman–Crippen MR) is 91.3 cm³/mol. The summed E-state index contributed by atoms with van der Waals surface area (Å²) in [5.74, 6) is 0.568. The molecular formula is C18H26N4O3. The van der Waals surface area contributed by atoms with Gasteiger partial charge in [0, 0.05) is 31.0 Å². The highest BCUT2D eigenvalue weighted by atomic mass is 16.5. The maximum atomic E-state index is 12.8. The lowest BCUT2D eigenvalue weighted by molar-refractivity contribution is -0.170. The first-order chi connectivity index (χ1) is 12.2. The van der Waals surface area contributed by atoms with Crippen LogP contribution < -0.4 is 10.1 Å². The number of aromatic nitrogens is 2. The maximum Gasteiger partial charge on any atom is 0.317 e. The number of nitrogens with one attached hydrogen (secondary N) is 1. The summed E-state index contributed by atoms with van der Waals surface area (Å²) in [6.45, 7) is 3.96. The third-order valence-corrected chi connectivity index (χ3v) is 6.18. The van der Waals surface area contributed by atoms with Gasteiger partial charge in [0.2, 0.25) is 5.88 Å². The van der Waals surface area contributed by atoms with Crippen LogP contribution in [0.4, 0.5) is 4.79 Å². The van der Waals surface area contributed by atoms with Gasteiger partial charge in [-0.25, -0.2) is 14.8 Å². The average Bonchev–Trinajstić information content (AvgIpc) is 2.58. The van der Waals surface area contributed by atoms with Crippen molar-refractivity contribution in [1.29, 1.82) is 0 Å². The largest absolute Gasteiger partial charge is 0.481 e. The topological polar surface area (TPSA) is 76.6 Å².